The Morgan fingerprint density at radius 1 is 1.25 bits per heavy atom. The van der Waals surface area contributed by atoms with E-state index in [9.17, 15) is 0 Å². The Morgan fingerprint density at radius 3 is 2.50 bits per heavy atom. The fourth-order valence-corrected chi connectivity index (χ4v) is 2.59. The third-order valence-electron chi connectivity index (χ3n) is 3.78. The zero-order valence-electron chi connectivity index (χ0n) is 10.1. The Morgan fingerprint density at radius 2 is 2.00 bits per heavy atom. The van der Waals surface area contributed by atoms with Crippen LogP contribution in [-0.2, 0) is 6.54 Å². The molecule has 0 radical (unpaired) electrons. The molecule has 1 saturated carbocycles. The van der Waals surface area contributed by atoms with Crippen LogP contribution in [0.15, 0.2) is 30.3 Å². The summed E-state index contributed by atoms with van der Waals surface area (Å²) in [5.74, 6) is 0.726. The van der Waals surface area contributed by atoms with Crippen molar-refractivity contribution in [1.29, 1.82) is 0 Å². The van der Waals surface area contributed by atoms with Crippen molar-refractivity contribution < 1.29 is 0 Å². The molecule has 2 atom stereocenters. The van der Waals surface area contributed by atoms with E-state index in [0.717, 1.165) is 31.6 Å². The second-order valence-electron chi connectivity index (χ2n) is 4.69. The van der Waals surface area contributed by atoms with Crippen LogP contribution in [0.4, 0.5) is 0 Å². The maximum atomic E-state index is 5.78. The highest BCUT2D eigenvalue weighted by atomic mass is 15.2. The zero-order chi connectivity index (χ0) is 11.4. The van der Waals surface area contributed by atoms with Gasteiger partial charge in [-0.1, -0.05) is 37.3 Å². The van der Waals surface area contributed by atoms with E-state index in [1.54, 1.807) is 0 Å². The fraction of sp³-hybridized carbons (Fsp3) is 0.571. The summed E-state index contributed by atoms with van der Waals surface area (Å²) in [6, 6.07) is 11.4. The van der Waals surface area contributed by atoms with Gasteiger partial charge in [0, 0.05) is 12.6 Å². The largest absolute Gasteiger partial charge is 0.330 e. The molecule has 1 aromatic carbocycles. The van der Waals surface area contributed by atoms with Crippen molar-refractivity contribution in [1.82, 2.24) is 4.90 Å². The lowest BCUT2D eigenvalue weighted by atomic mass is 9.78. The molecule has 0 amide bonds. The van der Waals surface area contributed by atoms with Crippen molar-refractivity contribution in [2.45, 2.75) is 32.4 Å². The van der Waals surface area contributed by atoms with Crippen LogP contribution >= 0.6 is 0 Å². The molecule has 1 aliphatic rings. The molecule has 2 N–H and O–H groups in total. The number of hydrogen-bond acceptors (Lipinski definition) is 2. The van der Waals surface area contributed by atoms with Crippen LogP contribution in [0, 0.1) is 5.92 Å². The van der Waals surface area contributed by atoms with Crippen molar-refractivity contribution in [3.63, 3.8) is 0 Å². The van der Waals surface area contributed by atoms with Gasteiger partial charge in [-0.05, 0) is 37.4 Å². The van der Waals surface area contributed by atoms with Gasteiger partial charge in [0.25, 0.3) is 0 Å². The number of hydrogen-bond donors (Lipinski definition) is 1. The van der Waals surface area contributed by atoms with Crippen molar-refractivity contribution in [3.8, 4) is 0 Å². The first-order chi connectivity index (χ1) is 7.85. The normalized spacial score (nSPS) is 24.4. The molecule has 16 heavy (non-hydrogen) atoms. The molecule has 0 aromatic heterocycles. The van der Waals surface area contributed by atoms with E-state index in [1.807, 2.05) is 0 Å². The lowest BCUT2D eigenvalue weighted by Crippen LogP contribution is -2.49. The van der Waals surface area contributed by atoms with E-state index in [1.165, 1.54) is 18.4 Å². The quantitative estimate of drug-likeness (QED) is 0.821. The molecule has 0 spiro atoms. The van der Waals surface area contributed by atoms with Gasteiger partial charge in [0.1, 0.15) is 0 Å². The molecule has 0 heterocycles. The van der Waals surface area contributed by atoms with Crippen LogP contribution in [0.5, 0.6) is 0 Å². The van der Waals surface area contributed by atoms with Crippen LogP contribution < -0.4 is 5.73 Å². The molecule has 2 nitrogen and oxygen atoms in total. The molecule has 1 aromatic rings. The lowest BCUT2D eigenvalue weighted by molar-refractivity contribution is 0.0647. The predicted octanol–water partition coefficient (Wildman–Crippen LogP) is 2.25. The summed E-state index contributed by atoms with van der Waals surface area (Å²) in [6.45, 7) is 5.28. The van der Waals surface area contributed by atoms with Gasteiger partial charge in [-0.25, -0.2) is 0 Å². The van der Waals surface area contributed by atoms with Crippen LogP contribution in [0.3, 0.4) is 0 Å². The number of nitrogens with zero attached hydrogens (tertiary/aromatic N) is 1. The fourth-order valence-electron chi connectivity index (χ4n) is 2.59. The van der Waals surface area contributed by atoms with E-state index in [4.69, 9.17) is 5.73 Å². The highest BCUT2D eigenvalue weighted by Gasteiger charge is 2.33. The molecular formula is C14H22N2. The Hall–Kier alpha value is -0.860. The highest BCUT2D eigenvalue weighted by Crippen LogP contribution is 2.32. The van der Waals surface area contributed by atoms with Crippen molar-refractivity contribution in [2.24, 2.45) is 11.7 Å². The van der Waals surface area contributed by atoms with Crippen LogP contribution in [0.1, 0.15) is 25.3 Å². The lowest BCUT2D eigenvalue weighted by Gasteiger charge is -2.43. The number of rotatable bonds is 5. The summed E-state index contributed by atoms with van der Waals surface area (Å²) in [4.78, 5) is 2.57. The first kappa shape index (κ1) is 11.6. The highest BCUT2D eigenvalue weighted by molar-refractivity contribution is 5.14. The maximum Gasteiger partial charge on any atom is 0.0236 e. The Kier molecular flexibility index (Phi) is 3.97. The molecule has 2 heteroatoms. The van der Waals surface area contributed by atoms with Gasteiger partial charge in [0.15, 0.2) is 0 Å². The van der Waals surface area contributed by atoms with Crippen LogP contribution in [0.2, 0.25) is 0 Å². The summed E-state index contributed by atoms with van der Waals surface area (Å²) >= 11 is 0. The Labute approximate surface area is 98.4 Å². The summed E-state index contributed by atoms with van der Waals surface area (Å²) in [5, 5.41) is 0. The minimum absolute atomic E-state index is 0.718. The first-order valence-corrected chi connectivity index (χ1v) is 6.33. The molecule has 2 unspecified atom stereocenters. The molecule has 1 aliphatic carbocycles. The van der Waals surface area contributed by atoms with Crippen molar-refractivity contribution in [2.75, 3.05) is 13.1 Å². The average molecular weight is 218 g/mol. The van der Waals surface area contributed by atoms with Gasteiger partial charge in [0.2, 0.25) is 0 Å². The third-order valence-corrected chi connectivity index (χ3v) is 3.78. The number of nitrogens with two attached hydrogens (primary N) is 1. The maximum absolute atomic E-state index is 5.78. The SMILES string of the molecule is CCN(Cc1ccccc1)C1CCC1CN. The average Bonchev–Trinajstić information content (AvgIpc) is 2.28. The van der Waals surface area contributed by atoms with E-state index >= 15 is 0 Å². The Balaban J connectivity index is 1.96. The van der Waals surface area contributed by atoms with E-state index in [-0.39, 0.29) is 0 Å². The summed E-state index contributed by atoms with van der Waals surface area (Å²) < 4.78 is 0. The standard InChI is InChI=1S/C14H22N2/c1-2-16(14-9-8-13(14)10-15)11-12-6-4-3-5-7-12/h3-7,13-14H,2,8-11,15H2,1H3. The Bertz CT molecular complexity index is 308. The van der Waals surface area contributed by atoms with Gasteiger partial charge in [-0.2, -0.15) is 0 Å². The van der Waals surface area contributed by atoms with Gasteiger partial charge in [0.05, 0.1) is 0 Å². The monoisotopic (exact) mass is 218 g/mol. The predicted molar refractivity (Wildman–Crippen MR) is 68.1 cm³/mol. The van der Waals surface area contributed by atoms with Gasteiger partial charge in [-0.15, -0.1) is 0 Å². The third kappa shape index (κ3) is 2.45. The van der Waals surface area contributed by atoms with Crippen molar-refractivity contribution in [3.05, 3.63) is 35.9 Å². The molecular weight excluding hydrogens is 196 g/mol. The molecule has 1 fully saturated rings. The molecule has 0 saturated heterocycles. The molecule has 2 rings (SSSR count). The zero-order valence-corrected chi connectivity index (χ0v) is 10.1. The first-order valence-electron chi connectivity index (χ1n) is 6.33. The minimum Gasteiger partial charge on any atom is -0.330 e. The topological polar surface area (TPSA) is 29.3 Å². The van der Waals surface area contributed by atoms with Crippen molar-refractivity contribution >= 4 is 0 Å². The van der Waals surface area contributed by atoms with E-state index < -0.39 is 0 Å². The summed E-state index contributed by atoms with van der Waals surface area (Å²) in [7, 11) is 0. The minimum atomic E-state index is 0.718. The molecule has 0 bridgehead atoms. The van der Waals surface area contributed by atoms with Crippen LogP contribution in [0.25, 0.3) is 0 Å². The summed E-state index contributed by atoms with van der Waals surface area (Å²) in [6.07, 6.45) is 2.63. The van der Waals surface area contributed by atoms with E-state index in [2.05, 4.69) is 42.2 Å². The second-order valence-corrected chi connectivity index (χ2v) is 4.69. The van der Waals surface area contributed by atoms with Gasteiger partial charge >= 0.3 is 0 Å². The van der Waals surface area contributed by atoms with Gasteiger partial charge < -0.3 is 5.73 Å². The number of benzene rings is 1. The van der Waals surface area contributed by atoms with Crippen LogP contribution in [-0.4, -0.2) is 24.0 Å². The smallest absolute Gasteiger partial charge is 0.0236 e. The van der Waals surface area contributed by atoms with Gasteiger partial charge in [-0.3, -0.25) is 4.90 Å². The molecule has 88 valence electrons. The molecule has 0 aliphatic heterocycles. The van der Waals surface area contributed by atoms with E-state index in [0.29, 0.717) is 0 Å². The summed E-state index contributed by atoms with van der Waals surface area (Å²) in [5.41, 5.74) is 7.19. The second kappa shape index (κ2) is 5.46.